The lowest BCUT2D eigenvalue weighted by Crippen LogP contribution is -2.19. The first-order valence-corrected chi connectivity index (χ1v) is 5.22. The molecule has 0 atom stereocenters. The Morgan fingerprint density at radius 3 is 2.94 bits per heavy atom. The first-order valence-electron chi connectivity index (χ1n) is 5.22. The molecule has 0 radical (unpaired) electrons. The monoisotopic (exact) mass is 209 g/mol. The van der Waals surface area contributed by atoms with Crippen LogP contribution in [0, 0.1) is 0 Å². The zero-order valence-corrected chi connectivity index (χ0v) is 8.74. The Kier molecular flexibility index (Phi) is 2.14. The Labute approximate surface area is 93.8 Å². The van der Waals surface area contributed by atoms with Gasteiger partial charge in [0.25, 0.3) is 0 Å². The van der Waals surface area contributed by atoms with Crippen molar-refractivity contribution in [3.8, 4) is 0 Å². The van der Waals surface area contributed by atoms with E-state index in [0.717, 1.165) is 11.2 Å². The van der Waals surface area contributed by atoms with Gasteiger partial charge < -0.3 is 4.90 Å². The predicted octanol–water partition coefficient (Wildman–Crippen LogP) is 2.60. The molecule has 2 heterocycles. The number of aromatic nitrogens is 1. The molecule has 78 valence electrons. The molecule has 0 N–H and O–H groups in total. The Morgan fingerprint density at radius 1 is 1.12 bits per heavy atom. The second kappa shape index (κ2) is 3.77. The van der Waals surface area contributed by atoms with Crippen LogP contribution in [0.5, 0.6) is 0 Å². The number of benzene rings is 1. The smallest absolute Gasteiger partial charge is 0.141 e. The van der Waals surface area contributed by atoms with Crippen LogP contribution in [0.2, 0.25) is 0 Å². The van der Waals surface area contributed by atoms with E-state index in [1.54, 1.807) is 0 Å². The van der Waals surface area contributed by atoms with Gasteiger partial charge in [0.2, 0.25) is 0 Å². The molecule has 0 saturated heterocycles. The predicted molar refractivity (Wildman–Crippen MR) is 66.7 cm³/mol. The SMILES string of the molecule is C1=CN(c2nccc3ccccc23)CN=C1. The number of hydrogen-bond donors (Lipinski definition) is 0. The molecule has 2 aromatic rings. The van der Waals surface area contributed by atoms with Crippen molar-refractivity contribution in [3.63, 3.8) is 0 Å². The van der Waals surface area contributed by atoms with Crippen LogP contribution >= 0.6 is 0 Å². The van der Waals surface area contributed by atoms with Gasteiger partial charge in [-0.2, -0.15) is 0 Å². The van der Waals surface area contributed by atoms with Gasteiger partial charge in [-0.15, -0.1) is 0 Å². The Hall–Kier alpha value is -2.16. The summed E-state index contributed by atoms with van der Waals surface area (Å²) in [5.74, 6) is 0.964. The van der Waals surface area contributed by atoms with Crippen molar-refractivity contribution in [1.29, 1.82) is 0 Å². The highest BCUT2D eigenvalue weighted by Gasteiger charge is 2.08. The summed E-state index contributed by atoms with van der Waals surface area (Å²) in [6.07, 6.45) is 7.57. The standard InChI is InChI=1S/C13H11N3/c1-2-5-12-11(4-1)6-8-15-13(12)16-9-3-7-14-10-16/h1-9H,10H2. The van der Waals surface area contributed by atoms with Crippen LogP contribution in [0.3, 0.4) is 0 Å². The van der Waals surface area contributed by atoms with Crippen molar-refractivity contribution in [1.82, 2.24) is 4.98 Å². The van der Waals surface area contributed by atoms with Crippen LogP contribution in [0.15, 0.2) is 53.8 Å². The molecule has 1 aliphatic heterocycles. The lowest BCUT2D eigenvalue weighted by molar-refractivity contribution is 0.951. The second-order valence-corrected chi connectivity index (χ2v) is 3.64. The van der Waals surface area contributed by atoms with Crippen molar-refractivity contribution >= 4 is 22.8 Å². The minimum atomic E-state index is 0.636. The van der Waals surface area contributed by atoms with Gasteiger partial charge in [0.15, 0.2) is 0 Å². The van der Waals surface area contributed by atoms with E-state index in [1.807, 2.05) is 47.8 Å². The summed E-state index contributed by atoms with van der Waals surface area (Å²) in [5.41, 5.74) is 0. The number of rotatable bonds is 1. The lowest BCUT2D eigenvalue weighted by Gasteiger charge is -2.20. The van der Waals surface area contributed by atoms with E-state index in [1.165, 1.54) is 5.39 Å². The van der Waals surface area contributed by atoms with E-state index < -0.39 is 0 Å². The Balaban J connectivity index is 2.16. The van der Waals surface area contributed by atoms with Gasteiger partial charge in [-0.25, -0.2) is 4.98 Å². The molecule has 1 aromatic heterocycles. The summed E-state index contributed by atoms with van der Waals surface area (Å²) in [6.45, 7) is 0.636. The summed E-state index contributed by atoms with van der Waals surface area (Å²) in [7, 11) is 0. The first kappa shape index (κ1) is 9.09. The normalized spacial score (nSPS) is 14.6. The third-order valence-corrected chi connectivity index (χ3v) is 2.62. The number of anilines is 1. The summed E-state index contributed by atoms with van der Waals surface area (Å²) >= 11 is 0. The maximum absolute atomic E-state index is 4.43. The zero-order chi connectivity index (χ0) is 10.8. The summed E-state index contributed by atoms with van der Waals surface area (Å²) < 4.78 is 0. The highest BCUT2D eigenvalue weighted by Crippen LogP contribution is 2.24. The van der Waals surface area contributed by atoms with E-state index >= 15 is 0 Å². The third kappa shape index (κ3) is 1.46. The van der Waals surface area contributed by atoms with E-state index in [2.05, 4.69) is 22.1 Å². The lowest BCUT2D eigenvalue weighted by atomic mass is 10.1. The molecule has 16 heavy (non-hydrogen) atoms. The molecule has 0 aliphatic carbocycles. The van der Waals surface area contributed by atoms with Gasteiger partial charge in [0, 0.05) is 24.0 Å². The van der Waals surface area contributed by atoms with Crippen LogP contribution in [-0.2, 0) is 0 Å². The van der Waals surface area contributed by atoms with Crippen molar-refractivity contribution in [2.75, 3.05) is 11.6 Å². The van der Waals surface area contributed by atoms with Gasteiger partial charge in [-0.05, 0) is 17.5 Å². The van der Waals surface area contributed by atoms with Crippen LogP contribution in [-0.4, -0.2) is 17.9 Å². The molecule has 0 spiro atoms. The van der Waals surface area contributed by atoms with Crippen molar-refractivity contribution in [2.45, 2.75) is 0 Å². The molecule has 3 heteroatoms. The number of allylic oxidation sites excluding steroid dienone is 1. The molecule has 3 nitrogen and oxygen atoms in total. The third-order valence-electron chi connectivity index (χ3n) is 2.62. The summed E-state index contributed by atoms with van der Waals surface area (Å²) in [6, 6.07) is 10.3. The van der Waals surface area contributed by atoms with Gasteiger partial charge in [0.1, 0.15) is 12.5 Å². The molecule has 0 saturated carbocycles. The fraction of sp³-hybridized carbons (Fsp3) is 0.0769. The fourth-order valence-corrected chi connectivity index (χ4v) is 1.86. The molecule has 1 aromatic carbocycles. The Bertz CT molecular complexity index is 567. The topological polar surface area (TPSA) is 28.5 Å². The van der Waals surface area contributed by atoms with Gasteiger partial charge >= 0.3 is 0 Å². The van der Waals surface area contributed by atoms with Crippen LogP contribution < -0.4 is 4.90 Å². The maximum Gasteiger partial charge on any atom is 0.141 e. The highest BCUT2D eigenvalue weighted by atomic mass is 15.2. The number of aliphatic imine (C=N–C) groups is 1. The average molecular weight is 209 g/mol. The van der Waals surface area contributed by atoms with Crippen LogP contribution in [0.25, 0.3) is 10.8 Å². The minimum Gasteiger partial charge on any atom is -0.312 e. The molecular weight excluding hydrogens is 198 g/mol. The number of hydrogen-bond acceptors (Lipinski definition) is 3. The van der Waals surface area contributed by atoms with E-state index in [4.69, 9.17) is 0 Å². The molecule has 1 aliphatic rings. The van der Waals surface area contributed by atoms with Gasteiger partial charge in [-0.3, -0.25) is 4.99 Å². The summed E-state index contributed by atoms with van der Waals surface area (Å²) in [5, 5.41) is 2.36. The highest BCUT2D eigenvalue weighted by molar-refractivity contribution is 5.92. The minimum absolute atomic E-state index is 0.636. The average Bonchev–Trinajstić information content (AvgIpc) is 2.39. The largest absolute Gasteiger partial charge is 0.312 e. The summed E-state index contributed by atoms with van der Waals surface area (Å²) in [4.78, 5) is 10.7. The second-order valence-electron chi connectivity index (χ2n) is 3.64. The number of nitrogens with zero attached hydrogens (tertiary/aromatic N) is 3. The van der Waals surface area contributed by atoms with Crippen molar-refractivity contribution in [3.05, 3.63) is 48.8 Å². The van der Waals surface area contributed by atoms with Crippen LogP contribution in [0.1, 0.15) is 0 Å². The fourth-order valence-electron chi connectivity index (χ4n) is 1.86. The molecular formula is C13H11N3. The molecule has 0 unspecified atom stereocenters. The van der Waals surface area contributed by atoms with Crippen molar-refractivity contribution < 1.29 is 0 Å². The van der Waals surface area contributed by atoms with Crippen molar-refractivity contribution in [2.24, 2.45) is 4.99 Å². The maximum atomic E-state index is 4.43. The van der Waals surface area contributed by atoms with E-state index in [0.29, 0.717) is 6.67 Å². The number of pyridine rings is 1. The molecule has 3 rings (SSSR count). The van der Waals surface area contributed by atoms with E-state index in [-0.39, 0.29) is 0 Å². The molecule has 0 amide bonds. The first-order chi connectivity index (χ1) is 7.95. The van der Waals surface area contributed by atoms with Crippen LogP contribution in [0.4, 0.5) is 5.82 Å². The Morgan fingerprint density at radius 2 is 2.06 bits per heavy atom. The zero-order valence-electron chi connectivity index (χ0n) is 8.74. The van der Waals surface area contributed by atoms with Gasteiger partial charge in [0.05, 0.1) is 0 Å². The quantitative estimate of drug-likeness (QED) is 0.722. The van der Waals surface area contributed by atoms with Gasteiger partial charge in [-0.1, -0.05) is 24.3 Å². The number of fused-ring (bicyclic) bond motifs is 1. The molecule has 0 fully saturated rings. The van der Waals surface area contributed by atoms with E-state index in [9.17, 15) is 0 Å². The molecule has 0 bridgehead atoms.